The fourth-order valence-electron chi connectivity index (χ4n) is 4.03. The number of fused-ring (bicyclic) bond motifs is 1. The minimum absolute atomic E-state index is 0.532. The highest BCUT2D eigenvalue weighted by Crippen LogP contribution is 2.59. The van der Waals surface area contributed by atoms with Crippen LogP contribution in [0.3, 0.4) is 0 Å². The molecule has 1 aromatic heterocycles. The van der Waals surface area contributed by atoms with Gasteiger partial charge in [-0.25, -0.2) is 0 Å². The number of aromatic nitrogens is 2. The lowest BCUT2D eigenvalue weighted by molar-refractivity contribution is -0.00767. The molecule has 2 aromatic rings. The molecule has 0 amide bonds. The number of nitrogens with zero attached hydrogens (tertiary/aromatic N) is 2. The standard InChI is InChI=1S/C19H21BrN2S2/c1-19(2)13-8-7-12(15(19)11-13)9-10-23-18-22-21-17(24-18)14-5-3-4-6-16(14)20/h3-7,13,15H,8-11H2,1-2H3. The molecule has 3 aliphatic carbocycles. The van der Waals surface area contributed by atoms with Gasteiger partial charge < -0.3 is 0 Å². The molecule has 3 aliphatic rings. The van der Waals surface area contributed by atoms with Gasteiger partial charge in [0.1, 0.15) is 5.01 Å². The molecule has 2 bridgehead atoms. The maximum Gasteiger partial charge on any atom is 0.174 e. The first-order chi connectivity index (χ1) is 11.6. The van der Waals surface area contributed by atoms with E-state index in [0.717, 1.165) is 37.0 Å². The van der Waals surface area contributed by atoms with Gasteiger partial charge >= 0.3 is 0 Å². The molecule has 0 aliphatic heterocycles. The first-order valence-corrected chi connectivity index (χ1v) is 11.1. The summed E-state index contributed by atoms with van der Waals surface area (Å²) in [5.41, 5.74) is 3.34. The van der Waals surface area contributed by atoms with E-state index in [1.165, 1.54) is 19.3 Å². The summed E-state index contributed by atoms with van der Waals surface area (Å²) in [6.07, 6.45) is 6.40. The molecule has 2 atom stereocenters. The molecule has 1 heterocycles. The van der Waals surface area contributed by atoms with E-state index in [0.29, 0.717) is 5.41 Å². The minimum atomic E-state index is 0.532. The highest BCUT2D eigenvalue weighted by Gasteiger charge is 2.50. The van der Waals surface area contributed by atoms with Gasteiger partial charge in [0.25, 0.3) is 0 Å². The average Bonchev–Trinajstić information content (AvgIpc) is 3.04. The Morgan fingerprint density at radius 2 is 2.12 bits per heavy atom. The van der Waals surface area contributed by atoms with Crippen molar-refractivity contribution in [1.82, 2.24) is 10.2 Å². The van der Waals surface area contributed by atoms with Gasteiger partial charge in [-0.15, -0.1) is 10.2 Å². The number of benzene rings is 1. The van der Waals surface area contributed by atoms with Crippen molar-refractivity contribution in [2.45, 2.75) is 37.4 Å². The Kier molecular flexibility index (Phi) is 4.61. The third-order valence-corrected chi connectivity index (χ3v) is 8.49. The largest absolute Gasteiger partial charge is 0.174 e. The second kappa shape index (κ2) is 6.58. The fourth-order valence-corrected chi connectivity index (χ4v) is 6.58. The lowest BCUT2D eigenvalue weighted by Crippen LogP contribution is -2.48. The normalized spacial score (nSPS) is 24.4. The van der Waals surface area contributed by atoms with E-state index in [1.807, 2.05) is 30.0 Å². The molecule has 126 valence electrons. The Labute approximate surface area is 160 Å². The van der Waals surface area contributed by atoms with Crippen LogP contribution in [0.2, 0.25) is 0 Å². The van der Waals surface area contributed by atoms with Crippen molar-refractivity contribution < 1.29 is 0 Å². The summed E-state index contributed by atoms with van der Waals surface area (Å²) in [5, 5.41) is 9.72. The van der Waals surface area contributed by atoms with Gasteiger partial charge in [-0.1, -0.05) is 82.7 Å². The Hall–Kier alpha value is -0.650. The van der Waals surface area contributed by atoms with Crippen molar-refractivity contribution in [3.63, 3.8) is 0 Å². The van der Waals surface area contributed by atoms with Crippen molar-refractivity contribution >= 4 is 39.0 Å². The second-order valence-corrected chi connectivity index (χ2v) is 10.4. The number of allylic oxidation sites excluding steroid dienone is 2. The summed E-state index contributed by atoms with van der Waals surface area (Å²) in [6, 6.07) is 8.19. The van der Waals surface area contributed by atoms with Gasteiger partial charge in [0, 0.05) is 15.8 Å². The van der Waals surface area contributed by atoms with Crippen molar-refractivity contribution in [3.8, 4) is 10.6 Å². The Morgan fingerprint density at radius 1 is 1.29 bits per heavy atom. The van der Waals surface area contributed by atoms with Crippen LogP contribution in [0.1, 0.15) is 33.1 Å². The Balaban J connectivity index is 1.36. The van der Waals surface area contributed by atoms with E-state index < -0.39 is 0 Å². The predicted molar refractivity (Wildman–Crippen MR) is 106 cm³/mol. The third-order valence-electron chi connectivity index (χ3n) is 5.71. The molecular formula is C19H21BrN2S2. The number of hydrogen-bond donors (Lipinski definition) is 0. The molecule has 5 rings (SSSR count). The predicted octanol–water partition coefficient (Wildman–Crippen LogP) is 6.44. The third kappa shape index (κ3) is 2.99. The van der Waals surface area contributed by atoms with Crippen LogP contribution in [-0.4, -0.2) is 16.0 Å². The summed E-state index contributed by atoms with van der Waals surface area (Å²) in [7, 11) is 0. The lowest BCUT2D eigenvalue weighted by atomic mass is 9.48. The molecule has 1 fully saturated rings. The average molecular weight is 421 g/mol. The summed E-state index contributed by atoms with van der Waals surface area (Å²) in [6.45, 7) is 4.89. The van der Waals surface area contributed by atoms with Gasteiger partial charge in [-0.2, -0.15) is 0 Å². The summed E-state index contributed by atoms with van der Waals surface area (Å²) in [5.74, 6) is 2.85. The van der Waals surface area contributed by atoms with Gasteiger partial charge in [0.2, 0.25) is 0 Å². The van der Waals surface area contributed by atoms with Crippen LogP contribution in [-0.2, 0) is 0 Å². The van der Waals surface area contributed by atoms with Crippen LogP contribution in [0.4, 0.5) is 0 Å². The topological polar surface area (TPSA) is 25.8 Å². The quantitative estimate of drug-likeness (QED) is 0.410. The number of hydrogen-bond acceptors (Lipinski definition) is 4. The maximum atomic E-state index is 4.37. The Bertz CT molecular complexity index is 781. The van der Waals surface area contributed by atoms with E-state index in [1.54, 1.807) is 16.9 Å². The van der Waals surface area contributed by atoms with Crippen molar-refractivity contribution in [1.29, 1.82) is 0 Å². The SMILES string of the molecule is CC1(C)C2CC=C(CCSc3nnc(-c4ccccc4Br)s3)C1C2. The lowest BCUT2D eigenvalue weighted by Gasteiger charge is -2.56. The van der Waals surface area contributed by atoms with Crippen LogP contribution in [0.15, 0.2) is 44.7 Å². The van der Waals surface area contributed by atoms with Gasteiger partial charge in [0.05, 0.1) is 0 Å². The summed E-state index contributed by atoms with van der Waals surface area (Å²) in [4.78, 5) is 0. The van der Waals surface area contributed by atoms with Crippen LogP contribution in [0.5, 0.6) is 0 Å². The van der Waals surface area contributed by atoms with Crippen molar-refractivity contribution in [3.05, 3.63) is 40.4 Å². The molecule has 0 N–H and O–H groups in total. The zero-order chi connectivity index (χ0) is 16.7. The van der Waals surface area contributed by atoms with Crippen LogP contribution in [0.25, 0.3) is 10.6 Å². The first-order valence-electron chi connectivity index (χ1n) is 8.46. The van der Waals surface area contributed by atoms with Crippen LogP contribution >= 0.6 is 39.0 Å². The highest BCUT2D eigenvalue weighted by molar-refractivity contribution is 9.10. The van der Waals surface area contributed by atoms with E-state index in [4.69, 9.17) is 0 Å². The van der Waals surface area contributed by atoms with Crippen LogP contribution in [0, 0.1) is 17.3 Å². The molecule has 0 radical (unpaired) electrons. The molecule has 24 heavy (non-hydrogen) atoms. The number of rotatable bonds is 5. The minimum Gasteiger partial charge on any atom is -0.137 e. The van der Waals surface area contributed by atoms with Crippen molar-refractivity contribution in [2.24, 2.45) is 17.3 Å². The molecule has 0 saturated heterocycles. The van der Waals surface area contributed by atoms with E-state index in [2.05, 4.69) is 52.1 Å². The van der Waals surface area contributed by atoms with Gasteiger partial charge in [0.15, 0.2) is 4.34 Å². The van der Waals surface area contributed by atoms with Gasteiger partial charge in [-0.05, 0) is 42.6 Å². The van der Waals surface area contributed by atoms with E-state index >= 15 is 0 Å². The molecule has 0 spiro atoms. The summed E-state index contributed by atoms with van der Waals surface area (Å²) >= 11 is 7.13. The molecule has 2 nitrogen and oxygen atoms in total. The van der Waals surface area contributed by atoms with Crippen LogP contribution < -0.4 is 0 Å². The highest BCUT2D eigenvalue weighted by atomic mass is 79.9. The molecular weight excluding hydrogens is 400 g/mol. The van der Waals surface area contributed by atoms with E-state index in [9.17, 15) is 0 Å². The maximum absolute atomic E-state index is 4.37. The van der Waals surface area contributed by atoms with Gasteiger partial charge in [-0.3, -0.25) is 0 Å². The molecule has 2 unspecified atom stereocenters. The zero-order valence-electron chi connectivity index (χ0n) is 14.0. The second-order valence-electron chi connectivity index (χ2n) is 7.27. The van der Waals surface area contributed by atoms with E-state index in [-0.39, 0.29) is 0 Å². The smallest absolute Gasteiger partial charge is 0.137 e. The Morgan fingerprint density at radius 3 is 2.88 bits per heavy atom. The number of thioether (sulfide) groups is 1. The molecule has 1 saturated carbocycles. The fraction of sp³-hybridized carbons (Fsp3) is 0.474. The zero-order valence-corrected chi connectivity index (χ0v) is 17.2. The first kappa shape index (κ1) is 16.8. The number of halogens is 1. The summed E-state index contributed by atoms with van der Waals surface area (Å²) < 4.78 is 2.15. The molecule has 1 aromatic carbocycles. The van der Waals surface area contributed by atoms with Crippen molar-refractivity contribution in [2.75, 3.05) is 5.75 Å². The molecule has 5 heteroatoms. The monoisotopic (exact) mass is 420 g/mol.